The van der Waals surface area contributed by atoms with Gasteiger partial charge in [-0.05, 0) is 36.2 Å². The second kappa shape index (κ2) is 9.25. The SMILES string of the molecule is C=CCOc1cccc(C2/C(=C(\O)c3ccc([N+](=O)[O-])cc3)C(=O)C(=O)N2CCC)c1. The van der Waals surface area contributed by atoms with Crippen molar-refractivity contribution in [2.45, 2.75) is 19.4 Å². The Balaban J connectivity index is 2.12. The first-order valence-corrected chi connectivity index (χ1v) is 9.76. The van der Waals surface area contributed by atoms with Crippen molar-refractivity contribution in [3.05, 3.63) is 88.0 Å². The largest absolute Gasteiger partial charge is 0.507 e. The molecule has 0 aromatic heterocycles. The lowest BCUT2D eigenvalue weighted by atomic mass is 9.95. The lowest BCUT2D eigenvalue weighted by molar-refractivity contribution is -0.384. The highest BCUT2D eigenvalue weighted by molar-refractivity contribution is 6.46. The van der Waals surface area contributed by atoms with Crippen LogP contribution in [-0.4, -0.2) is 39.8 Å². The van der Waals surface area contributed by atoms with E-state index < -0.39 is 22.7 Å². The number of amides is 1. The van der Waals surface area contributed by atoms with Crippen molar-refractivity contribution in [2.24, 2.45) is 0 Å². The zero-order valence-corrected chi connectivity index (χ0v) is 17.0. The van der Waals surface area contributed by atoms with E-state index in [1.54, 1.807) is 30.3 Å². The molecule has 1 aliphatic rings. The fraction of sp³-hybridized carbons (Fsp3) is 0.217. The molecule has 1 saturated heterocycles. The van der Waals surface area contributed by atoms with Gasteiger partial charge in [0.05, 0.1) is 16.5 Å². The van der Waals surface area contributed by atoms with Gasteiger partial charge in [0.2, 0.25) is 0 Å². The number of nitro groups is 1. The zero-order chi connectivity index (χ0) is 22.5. The molecule has 0 spiro atoms. The van der Waals surface area contributed by atoms with E-state index >= 15 is 0 Å². The number of benzene rings is 2. The molecular weight excluding hydrogens is 400 g/mol. The molecule has 1 N–H and O–H groups in total. The van der Waals surface area contributed by atoms with Crippen molar-refractivity contribution in [1.82, 2.24) is 4.90 Å². The Morgan fingerprint density at radius 1 is 1.26 bits per heavy atom. The number of ether oxygens (including phenoxy) is 1. The molecule has 2 aromatic rings. The van der Waals surface area contributed by atoms with Gasteiger partial charge in [-0.1, -0.05) is 31.7 Å². The van der Waals surface area contributed by atoms with Crippen LogP contribution in [0.3, 0.4) is 0 Å². The van der Waals surface area contributed by atoms with Gasteiger partial charge < -0.3 is 14.7 Å². The summed E-state index contributed by atoms with van der Waals surface area (Å²) in [7, 11) is 0. The smallest absolute Gasteiger partial charge is 0.295 e. The number of carbonyl (C=O) groups is 2. The fourth-order valence-electron chi connectivity index (χ4n) is 3.52. The Hall–Kier alpha value is -3.94. The fourth-order valence-corrected chi connectivity index (χ4v) is 3.52. The second-order valence-corrected chi connectivity index (χ2v) is 6.97. The number of hydrogen-bond donors (Lipinski definition) is 1. The van der Waals surface area contributed by atoms with E-state index in [-0.39, 0.29) is 22.6 Å². The maximum atomic E-state index is 12.9. The molecule has 31 heavy (non-hydrogen) atoms. The van der Waals surface area contributed by atoms with Crippen LogP contribution in [0.15, 0.2) is 66.8 Å². The molecule has 1 atom stereocenters. The van der Waals surface area contributed by atoms with Crippen LogP contribution in [0, 0.1) is 10.1 Å². The number of non-ortho nitro benzene ring substituents is 1. The molecule has 3 rings (SSSR count). The standard InChI is InChI=1S/C23H22N2O6/c1-3-12-24-20(16-6-5-7-18(14-16)31-13-4-2)19(22(27)23(24)28)21(26)15-8-10-17(11-9-15)25(29)30/h4-11,14,20,26H,2-3,12-13H2,1H3/b21-19+. The first-order chi connectivity index (χ1) is 14.9. The Labute approximate surface area is 179 Å². The van der Waals surface area contributed by atoms with Gasteiger partial charge in [0.1, 0.15) is 18.1 Å². The molecule has 0 bridgehead atoms. The molecule has 1 heterocycles. The lowest BCUT2D eigenvalue weighted by Gasteiger charge is -2.25. The summed E-state index contributed by atoms with van der Waals surface area (Å²) in [5, 5.41) is 21.8. The summed E-state index contributed by atoms with van der Waals surface area (Å²) in [6.07, 6.45) is 2.22. The predicted molar refractivity (Wildman–Crippen MR) is 115 cm³/mol. The van der Waals surface area contributed by atoms with Crippen LogP contribution >= 0.6 is 0 Å². The number of aliphatic hydroxyl groups excluding tert-OH is 1. The summed E-state index contributed by atoms with van der Waals surface area (Å²) < 4.78 is 5.57. The van der Waals surface area contributed by atoms with Crippen molar-refractivity contribution in [1.29, 1.82) is 0 Å². The third-order valence-electron chi connectivity index (χ3n) is 4.90. The number of nitro benzene ring substituents is 1. The van der Waals surface area contributed by atoms with Crippen molar-refractivity contribution < 1.29 is 24.4 Å². The number of ketones is 1. The quantitative estimate of drug-likeness (QED) is 0.172. The number of likely N-dealkylation sites (tertiary alicyclic amines) is 1. The maximum absolute atomic E-state index is 12.9. The van der Waals surface area contributed by atoms with Crippen LogP contribution in [0.4, 0.5) is 5.69 Å². The molecule has 1 unspecified atom stereocenters. The van der Waals surface area contributed by atoms with Crippen LogP contribution in [0.25, 0.3) is 5.76 Å². The highest BCUT2D eigenvalue weighted by Gasteiger charge is 2.45. The van der Waals surface area contributed by atoms with Crippen LogP contribution in [0.5, 0.6) is 5.75 Å². The topological polar surface area (TPSA) is 110 Å². The van der Waals surface area contributed by atoms with Crippen molar-refractivity contribution in [3.63, 3.8) is 0 Å². The summed E-state index contributed by atoms with van der Waals surface area (Å²) >= 11 is 0. The van der Waals surface area contributed by atoms with Crippen molar-refractivity contribution in [3.8, 4) is 5.75 Å². The minimum absolute atomic E-state index is 0.0619. The summed E-state index contributed by atoms with van der Waals surface area (Å²) in [6.45, 7) is 6.11. The van der Waals surface area contributed by atoms with Gasteiger partial charge in [-0.25, -0.2) is 0 Å². The van der Waals surface area contributed by atoms with E-state index in [9.17, 15) is 24.8 Å². The minimum atomic E-state index is -0.803. The van der Waals surface area contributed by atoms with Gasteiger partial charge in [0.25, 0.3) is 17.4 Å². The summed E-state index contributed by atoms with van der Waals surface area (Å²) in [6, 6.07) is 11.3. The molecule has 0 saturated carbocycles. The normalized spacial score (nSPS) is 17.6. The first kappa shape index (κ1) is 21.8. The predicted octanol–water partition coefficient (Wildman–Crippen LogP) is 3.99. The van der Waals surface area contributed by atoms with Crippen LogP contribution in [0.1, 0.15) is 30.5 Å². The third-order valence-corrected chi connectivity index (χ3v) is 4.90. The molecule has 1 aliphatic heterocycles. The average molecular weight is 422 g/mol. The second-order valence-electron chi connectivity index (χ2n) is 6.97. The lowest BCUT2D eigenvalue weighted by Crippen LogP contribution is -2.30. The molecule has 160 valence electrons. The van der Waals surface area contributed by atoms with Gasteiger partial charge in [-0.3, -0.25) is 19.7 Å². The molecule has 2 aromatic carbocycles. The summed E-state index contributed by atoms with van der Waals surface area (Å²) in [4.78, 5) is 37.3. The molecule has 0 aliphatic carbocycles. The first-order valence-electron chi connectivity index (χ1n) is 9.76. The van der Waals surface area contributed by atoms with E-state index in [2.05, 4.69) is 6.58 Å². The zero-order valence-electron chi connectivity index (χ0n) is 17.0. The summed E-state index contributed by atoms with van der Waals surface area (Å²) in [5.74, 6) is -1.34. The maximum Gasteiger partial charge on any atom is 0.295 e. The van der Waals surface area contributed by atoms with Gasteiger partial charge in [0.15, 0.2) is 0 Å². The number of hydrogen-bond acceptors (Lipinski definition) is 6. The molecule has 8 nitrogen and oxygen atoms in total. The van der Waals surface area contributed by atoms with E-state index in [1.807, 2.05) is 6.92 Å². The van der Waals surface area contributed by atoms with Gasteiger partial charge >= 0.3 is 0 Å². The molecule has 8 heteroatoms. The van der Waals surface area contributed by atoms with Crippen LogP contribution < -0.4 is 4.74 Å². The Kier molecular flexibility index (Phi) is 6.49. The van der Waals surface area contributed by atoms with E-state index in [1.165, 1.54) is 29.2 Å². The Morgan fingerprint density at radius 3 is 2.58 bits per heavy atom. The van der Waals surface area contributed by atoms with Crippen LogP contribution in [0.2, 0.25) is 0 Å². The van der Waals surface area contributed by atoms with E-state index in [4.69, 9.17) is 4.74 Å². The monoisotopic (exact) mass is 422 g/mol. The molecule has 1 amide bonds. The number of carbonyl (C=O) groups excluding carboxylic acids is 2. The van der Waals surface area contributed by atoms with E-state index in [0.717, 1.165) is 0 Å². The average Bonchev–Trinajstić information content (AvgIpc) is 3.02. The number of nitrogens with zero attached hydrogens (tertiary/aromatic N) is 2. The molecule has 0 radical (unpaired) electrons. The number of Topliss-reactive ketones (excluding diaryl/α,β-unsaturated/α-hetero) is 1. The molecular formula is C23H22N2O6. The van der Waals surface area contributed by atoms with Gasteiger partial charge in [0, 0.05) is 24.2 Å². The highest BCUT2D eigenvalue weighted by Crippen LogP contribution is 2.40. The number of aliphatic hydroxyl groups is 1. The summed E-state index contributed by atoms with van der Waals surface area (Å²) in [5.41, 5.74) is 0.613. The minimum Gasteiger partial charge on any atom is -0.507 e. The highest BCUT2D eigenvalue weighted by atomic mass is 16.6. The van der Waals surface area contributed by atoms with Gasteiger partial charge in [-0.2, -0.15) is 0 Å². The van der Waals surface area contributed by atoms with E-state index in [0.29, 0.717) is 30.9 Å². The van der Waals surface area contributed by atoms with Gasteiger partial charge in [-0.15, -0.1) is 0 Å². The van der Waals surface area contributed by atoms with Crippen LogP contribution in [-0.2, 0) is 9.59 Å². The molecule has 1 fully saturated rings. The Bertz CT molecular complexity index is 1060. The van der Waals surface area contributed by atoms with Crippen molar-refractivity contribution >= 4 is 23.1 Å². The third kappa shape index (κ3) is 4.32. The Morgan fingerprint density at radius 2 is 1.97 bits per heavy atom. The number of rotatable bonds is 8. The van der Waals surface area contributed by atoms with Crippen molar-refractivity contribution in [2.75, 3.05) is 13.2 Å².